The fourth-order valence-corrected chi connectivity index (χ4v) is 2.37. The van der Waals surface area contributed by atoms with Crippen molar-refractivity contribution in [3.63, 3.8) is 0 Å². The minimum atomic E-state index is -4.51. The summed E-state index contributed by atoms with van der Waals surface area (Å²) in [5.74, 6) is -0.0358. The predicted molar refractivity (Wildman–Crippen MR) is 60.9 cm³/mol. The zero-order chi connectivity index (χ0) is 14.3. The molecule has 0 aromatic carbocycles. The van der Waals surface area contributed by atoms with E-state index in [4.69, 9.17) is 4.74 Å². The van der Waals surface area contributed by atoms with Gasteiger partial charge in [0.1, 0.15) is 24.4 Å². The number of anilines is 1. The van der Waals surface area contributed by atoms with Gasteiger partial charge in [-0.05, 0) is 0 Å². The molecule has 0 spiro atoms. The lowest BCUT2D eigenvalue weighted by atomic mass is 10.2. The number of hydrogen-bond donors (Lipinski definition) is 1. The van der Waals surface area contributed by atoms with Crippen LogP contribution in [0.25, 0.3) is 0 Å². The lowest BCUT2D eigenvalue weighted by Crippen LogP contribution is -2.50. The number of carbonyl (C=O) groups is 1. The molecule has 1 N–H and O–H groups in total. The molecule has 2 aliphatic heterocycles. The van der Waals surface area contributed by atoms with Crippen LogP contribution in [0.3, 0.4) is 0 Å². The van der Waals surface area contributed by atoms with Crippen LogP contribution in [-0.4, -0.2) is 47.7 Å². The Kier molecular flexibility index (Phi) is 3.00. The highest BCUT2D eigenvalue weighted by molar-refractivity contribution is 5.78. The molecule has 2 atom stereocenters. The van der Waals surface area contributed by atoms with Gasteiger partial charge >= 0.3 is 6.18 Å². The Balaban J connectivity index is 1.79. The fourth-order valence-electron chi connectivity index (χ4n) is 2.37. The van der Waals surface area contributed by atoms with Gasteiger partial charge in [-0.1, -0.05) is 0 Å². The summed E-state index contributed by atoms with van der Waals surface area (Å²) in [6.45, 7) is 0.733. The molecular weight excluding hydrogens is 277 g/mol. The van der Waals surface area contributed by atoms with Gasteiger partial charge in [-0.3, -0.25) is 4.79 Å². The fraction of sp³-hybridized carbons (Fsp3) is 0.545. The number of nitrogens with zero attached hydrogens (tertiary/aromatic N) is 3. The molecule has 3 rings (SSSR count). The van der Waals surface area contributed by atoms with E-state index in [2.05, 4.69) is 15.3 Å². The van der Waals surface area contributed by atoms with Crippen LogP contribution in [-0.2, 0) is 15.7 Å². The van der Waals surface area contributed by atoms with Gasteiger partial charge < -0.3 is 15.0 Å². The molecule has 0 unspecified atom stereocenters. The van der Waals surface area contributed by atoms with E-state index in [9.17, 15) is 18.0 Å². The van der Waals surface area contributed by atoms with Gasteiger partial charge in [-0.15, -0.1) is 0 Å². The standard InChI is InChI=1S/C11H11F3N4O2/c12-11(13,14)8-1-9(16-5-15-8)18-2-6-7(3-18)20-4-10(19)17-6/h1,5-7H,2-4H2,(H,17,19)/t6-,7-/m0/s1. The quantitative estimate of drug-likeness (QED) is 0.799. The molecule has 9 heteroatoms. The van der Waals surface area contributed by atoms with E-state index in [1.807, 2.05) is 0 Å². The maximum absolute atomic E-state index is 12.6. The van der Waals surface area contributed by atoms with Gasteiger partial charge in [0.2, 0.25) is 5.91 Å². The summed E-state index contributed by atoms with van der Waals surface area (Å²) in [6.07, 6.45) is -3.84. The van der Waals surface area contributed by atoms with Crippen LogP contribution < -0.4 is 10.2 Å². The minimum absolute atomic E-state index is 0.0212. The van der Waals surface area contributed by atoms with Gasteiger partial charge in [0, 0.05) is 19.2 Å². The Morgan fingerprint density at radius 1 is 1.35 bits per heavy atom. The maximum atomic E-state index is 12.6. The maximum Gasteiger partial charge on any atom is 0.433 e. The lowest BCUT2D eigenvalue weighted by Gasteiger charge is -2.24. The van der Waals surface area contributed by atoms with E-state index in [1.54, 1.807) is 4.90 Å². The highest BCUT2D eigenvalue weighted by Gasteiger charge is 2.39. The van der Waals surface area contributed by atoms with Crippen LogP contribution in [0.4, 0.5) is 19.0 Å². The number of fused-ring (bicyclic) bond motifs is 1. The van der Waals surface area contributed by atoms with Gasteiger partial charge in [-0.25, -0.2) is 9.97 Å². The number of hydrogen-bond acceptors (Lipinski definition) is 5. The number of carbonyl (C=O) groups excluding carboxylic acids is 1. The summed E-state index contributed by atoms with van der Waals surface area (Å²) in [4.78, 5) is 19.9. The largest absolute Gasteiger partial charge is 0.433 e. The number of alkyl halides is 3. The molecule has 108 valence electrons. The van der Waals surface area contributed by atoms with Gasteiger partial charge in [0.25, 0.3) is 0 Å². The number of nitrogens with one attached hydrogen (secondary N) is 1. The van der Waals surface area contributed by atoms with Gasteiger partial charge in [-0.2, -0.15) is 13.2 Å². The van der Waals surface area contributed by atoms with Crippen molar-refractivity contribution in [2.75, 3.05) is 24.6 Å². The number of halogens is 3. The molecule has 1 aromatic rings. The Bertz CT molecular complexity index is 537. The van der Waals surface area contributed by atoms with Crippen LogP contribution in [0, 0.1) is 0 Å². The predicted octanol–water partition coefficient (Wildman–Crippen LogP) is 0.199. The summed E-state index contributed by atoms with van der Waals surface area (Å²) < 4.78 is 43.2. The number of rotatable bonds is 1. The summed E-state index contributed by atoms with van der Waals surface area (Å²) in [5.41, 5.74) is -0.984. The first-order chi connectivity index (χ1) is 9.43. The first-order valence-corrected chi connectivity index (χ1v) is 5.98. The molecule has 2 fully saturated rings. The van der Waals surface area contributed by atoms with Crippen molar-refractivity contribution >= 4 is 11.7 Å². The summed E-state index contributed by atoms with van der Waals surface area (Å²) >= 11 is 0. The van der Waals surface area contributed by atoms with E-state index in [-0.39, 0.29) is 30.5 Å². The topological polar surface area (TPSA) is 67.3 Å². The van der Waals surface area contributed by atoms with E-state index in [0.717, 1.165) is 12.4 Å². The molecular formula is C11H11F3N4O2. The van der Waals surface area contributed by atoms with Crippen molar-refractivity contribution < 1.29 is 22.7 Å². The monoisotopic (exact) mass is 288 g/mol. The lowest BCUT2D eigenvalue weighted by molar-refractivity contribution is -0.141. The molecule has 2 saturated heterocycles. The Morgan fingerprint density at radius 3 is 2.90 bits per heavy atom. The highest BCUT2D eigenvalue weighted by Crippen LogP contribution is 2.30. The summed E-state index contributed by atoms with van der Waals surface area (Å²) in [5, 5.41) is 2.75. The van der Waals surface area contributed by atoms with Crippen LogP contribution in [0.1, 0.15) is 5.69 Å². The van der Waals surface area contributed by atoms with Crippen molar-refractivity contribution in [2.24, 2.45) is 0 Å². The third kappa shape index (κ3) is 2.40. The van der Waals surface area contributed by atoms with Crippen molar-refractivity contribution in [3.8, 4) is 0 Å². The molecule has 1 aromatic heterocycles. The highest BCUT2D eigenvalue weighted by atomic mass is 19.4. The second-order valence-electron chi connectivity index (χ2n) is 4.69. The van der Waals surface area contributed by atoms with Crippen LogP contribution in [0.15, 0.2) is 12.4 Å². The van der Waals surface area contributed by atoms with Crippen molar-refractivity contribution in [2.45, 2.75) is 18.3 Å². The second kappa shape index (κ2) is 4.58. The second-order valence-corrected chi connectivity index (χ2v) is 4.69. The Hall–Kier alpha value is -1.90. The SMILES string of the molecule is O=C1CO[C@H]2CN(c3cc(C(F)(F)F)ncn3)C[C@@H]2N1. The van der Waals surface area contributed by atoms with Crippen molar-refractivity contribution in [1.82, 2.24) is 15.3 Å². The van der Waals surface area contributed by atoms with Crippen molar-refractivity contribution in [3.05, 3.63) is 18.1 Å². The third-order valence-electron chi connectivity index (χ3n) is 3.31. The first kappa shape index (κ1) is 13.1. The summed E-state index contributed by atoms with van der Waals surface area (Å²) in [6, 6.07) is 0.680. The van der Waals surface area contributed by atoms with E-state index in [0.29, 0.717) is 13.1 Å². The molecule has 0 saturated carbocycles. The first-order valence-electron chi connectivity index (χ1n) is 5.98. The third-order valence-corrected chi connectivity index (χ3v) is 3.31. The van der Waals surface area contributed by atoms with E-state index >= 15 is 0 Å². The summed E-state index contributed by atoms with van der Waals surface area (Å²) in [7, 11) is 0. The number of morpholine rings is 1. The van der Waals surface area contributed by atoms with E-state index < -0.39 is 11.9 Å². The van der Waals surface area contributed by atoms with Gasteiger partial charge in [0.05, 0.1) is 12.1 Å². The van der Waals surface area contributed by atoms with Crippen molar-refractivity contribution in [1.29, 1.82) is 0 Å². The average molecular weight is 288 g/mol. The Labute approximate surface area is 111 Å². The molecule has 1 amide bonds. The number of aromatic nitrogens is 2. The number of ether oxygens (including phenoxy) is 1. The molecule has 0 aliphatic carbocycles. The van der Waals surface area contributed by atoms with Crippen LogP contribution in [0.2, 0.25) is 0 Å². The van der Waals surface area contributed by atoms with Gasteiger partial charge in [0.15, 0.2) is 0 Å². The van der Waals surface area contributed by atoms with Crippen LogP contribution in [0.5, 0.6) is 0 Å². The molecule has 20 heavy (non-hydrogen) atoms. The molecule has 6 nitrogen and oxygen atoms in total. The zero-order valence-electron chi connectivity index (χ0n) is 10.2. The van der Waals surface area contributed by atoms with Crippen LogP contribution >= 0.6 is 0 Å². The smallest absolute Gasteiger partial charge is 0.364 e. The normalized spacial score (nSPS) is 26.4. The Morgan fingerprint density at radius 2 is 2.15 bits per heavy atom. The molecule has 0 radical (unpaired) electrons. The minimum Gasteiger partial charge on any atom is -0.364 e. The molecule has 0 bridgehead atoms. The van der Waals surface area contributed by atoms with E-state index in [1.165, 1.54) is 0 Å². The zero-order valence-corrected chi connectivity index (χ0v) is 10.2. The average Bonchev–Trinajstić information content (AvgIpc) is 2.81. The molecule has 3 heterocycles. The molecule has 2 aliphatic rings. The number of amides is 1.